The molecule has 0 aliphatic heterocycles. The number of carbonyl (C=O) groups is 2. The molecule has 2 amide bonds. The summed E-state index contributed by atoms with van der Waals surface area (Å²) in [5.74, 6) is -0.0165. The zero-order chi connectivity index (χ0) is 17.6. The number of likely N-dealkylation sites (N-methyl/N-ethyl adjacent to an activating group) is 2. The van der Waals surface area contributed by atoms with E-state index >= 15 is 0 Å². The van der Waals surface area contributed by atoms with Crippen molar-refractivity contribution in [3.05, 3.63) is 30.3 Å². The van der Waals surface area contributed by atoms with E-state index in [2.05, 4.69) is 5.32 Å². The maximum Gasteiger partial charge on any atom is 0.284 e. The Hall–Kier alpha value is -1.88. The zero-order valence-electron chi connectivity index (χ0n) is 15.1. The minimum Gasteiger partial charge on any atom is -0.347 e. The molecule has 1 rings (SSSR count). The second-order valence-electron chi connectivity index (χ2n) is 6.96. The first-order valence-electron chi connectivity index (χ1n) is 8.15. The number of nitrogens with zero attached hydrogens (tertiary/aromatic N) is 1. The SMILES string of the molecule is CCN(C(=O)[C@H](C)[NH+](C)CC(=O)NC(C)(C)C)c1ccccc1. The van der Waals surface area contributed by atoms with Gasteiger partial charge in [-0.05, 0) is 46.8 Å². The third-order valence-corrected chi connectivity index (χ3v) is 3.71. The van der Waals surface area contributed by atoms with Gasteiger partial charge in [-0.25, -0.2) is 0 Å². The van der Waals surface area contributed by atoms with Crippen LogP contribution in [-0.2, 0) is 9.59 Å². The molecule has 5 heteroatoms. The average Bonchev–Trinajstić information content (AvgIpc) is 2.46. The second-order valence-corrected chi connectivity index (χ2v) is 6.96. The summed E-state index contributed by atoms with van der Waals surface area (Å²) >= 11 is 0. The summed E-state index contributed by atoms with van der Waals surface area (Å²) in [7, 11) is 1.88. The highest BCUT2D eigenvalue weighted by molar-refractivity contribution is 5.96. The molecule has 2 N–H and O–H groups in total. The van der Waals surface area contributed by atoms with Crippen LogP contribution >= 0.6 is 0 Å². The Kier molecular flexibility index (Phi) is 6.76. The van der Waals surface area contributed by atoms with Crippen LogP contribution in [0.5, 0.6) is 0 Å². The highest BCUT2D eigenvalue weighted by atomic mass is 16.2. The van der Waals surface area contributed by atoms with Gasteiger partial charge in [0.05, 0.1) is 7.05 Å². The fourth-order valence-corrected chi connectivity index (χ4v) is 2.39. The molecule has 23 heavy (non-hydrogen) atoms. The molecule has 0 saturated carbocycles. The largest absolute Gasteiger partial charge is 0.347 e. The van der Waals surface area contributed by atoms with Crippen molar-refractivity contribution in [2.75, 3.05) is 25.0 Å². The van der Waals surface area contributed by atoms with Gasteiger partial charge in [0.15, 0.2) is 12.6 Å². The zero-order valence-corrected chi connectivity index (χ0v) is 15.1. The molecule has 1 aromatic carbocycles. The number of benzene rings is 1. The molecule has 0 fully saturated rings. The molecule has 2 atom stereocenters. The van der Waals surface area contributed by atoms with E-state index in [1.807, 2.05) is 72.0 Å². The van der Waals surface area contributed by atoms with E-state index in [4.69, 9.17) is 0 Å². The number of hydrogen-bond acceptors (Lipinski definition) is 2. The number of para-hydroxylation sites is 1. The van der Waals surface area contributed by atoms with E-state index in [-0.39, 0.29) is 29.9 Å². The topological polar surface area (TPSA) is 53.9 Å². The molecular weight excluding hydrogens is 290 g/mol. The van der Waals surface area contributed by atoms with Crippen LogP contribution in [0.3, 0.4) is 0 Å². The number of nitrogens with one attached hydrogen (secondary N) is 2. The Balaban J connectivity index is 2.72. The molecule has 1 unspecified atom stereocenters. The van der Waals surface area contributed by atoms with E-state index < -0.39 is 0 Å². The molecule has 0 radical (unpaired) electrons. The normalized spacial score (nSPS) is 14.0. The van der Waals surface area contributed by atoms with Crippen LogP contribution in [0.4, 0.5) is 5.69 Å². The Morgan fingerprint density at radius 2 is 1.78 bits per heavy atom. The van der Waals surface area contributed by atoms with Gasteiger partial charge in [0.2, 0.25) is 0 Å². The molecule has 0 saturated heterocycles. The lowest BCUT2D eigenvalue weighted by Gasteiger charge is -2.28. The predicted molar refractivity (Wildman–Crippen MR) is 93.6 cm³/mol. The smallest absolute Gasteiger partial charge is 0.284 e. The lowest BCUT2D eigenvalue weighted by Crippen LogP contribution is -3.15. The van der Waals surface area contributed by atoms with Gasteiger partial charge in [0.1, 0.15) is 0 Å². The van der Waals surface area contributed by atoms with Gasteiger partial charge in [-0.15, -0.1) is 0 Å². The Labute approximate surface area is 139 Å². The molecule has 0 heterocycles. The maximum atomic E-state index is 12.8. The number of anilines is 1. The van der Waals surface area contributed by atoms with Crippen molar-refractivity contribution < 1.29 is 14.5 Å². The number of rotatable bonds is 6. The molecule has 0 aliphatic rings. The van der Waals surface area contributed by atoms with Gasteiger partial charge in [0, 0.05) is 17.8 Å². The van der Waals surface area contributed by atoms with Crippen molar-refractivity contribution in [1.29, 1.82) is 0 Å². The summed E-state index contributed by atoms with van der Waals surface area (Å²) < 4.78 is 0. The van der Waals surface area contributed by atoms with Gasteiger partial charge in [-0.1, -0.05) is 18.2 Å². The summed E-state index contributed by atoms with van der Waals surface area (Å²) in [5, 5.41) is 2.93. The Morgan fingerprint density at radius 1 is 1.22 bits per heavy atom. The first-order valence-corrected chi connectivity index (χ1v) is 8.15. The van der Waals surface area contributed by atoms with Gasteiger partial charge >= 0.3 is 0 Å². The molecule has 0 aliphatic carbocycles. The summed E-state index contributed by atoms with van der Waals surface area (Å²) in [6, 6.07) is 9.33. The minimum atomic E-state index is -0.291. The van der Waals surface area contributed by atoms with Crippen LogP contribution in [0.1, 0.15) is 34.6 Å². The van der Waals surface area contributed by atoms with Crippen molar-refractivity contribution in [1.82, 2.24) is 5.32 Å². The number of hydrogen-bond donors (Lipinski definition) is 2. The highest BCUT2D eigenvalue weighted by Gasteiger charge is 2.29. The Morgan fingerprint density at radius 3 is 2.26 bits per heavy atom. The molecule has 5 nitrogen and oxygen atoms in total. The number of carbonyl (C=O) groups excluding carboxylic acids is 2. The first-order chi connectivity index (χ1) is 10.7. The lowest BCUT2D eigenvalue weighted by molar-refractivity contribution is -0.885. The van der Waals surface area contributed by atoms with Crippen molar-refractivity contribution in [2.24, 2.45) is 0 Å². The third-order valence-electron chi connectivity index (χ3n) is 3.71. The van der Waals surface area contributed by atoms with Crippen molar-refractivity contribution in [2.45, 2.75) is 46.2 Å². The van der Waals surface area contributed by atoms with E-state index in [1.165, 1.54) is 0 Å². The highest BCUT2D eigenvalue weighted by Crippen LogP contribution is 2.13. The predicted octanol–water partition coefficient (Wildman–Crippen LogP) is 0.857. The Bertz CT molecular complexity index is 523. The van der Waals surface area contributed by atoms with Gasteiger partial charge in [-0.3, -0.25) is 9.59 Å². The van der Waals surface area contributed by atoms with Gasteiger partial charge in [0.25, 0.3) is 11.8 Å². The van der Waals surface area contributed by atoms with E-state index in [0.29, 0.717) is 6.54 Å². The standard InChI is InChI=1S/C18H29N3O2/c1-7-21(15-11-9-8-10-12-15)17(23)14(2)20(6)13-16(22)19-18(3,4)5/h8-12,14H,7,13H2,1-6H3,(H,19,22)/p+1/t14-/m0/s1. The lowest BCUT2D eigenvalue weighted by atomic mass is 10.1. The fraction of sp³-hybridized carbons (Fsp3) is 0.556. The minimum absolute atomic E-state index is 0.0276. The number of quaternary nitrogens is 1. The molecule has 0 bridgehead atoms. The molecule has 0 spiro atoms. The van der Waals surface area contributed by atoms with Crippen molar-refractivity contribution in [3.8, 4) is 0 Å². The van der Waals surface area contributed by atoms with Crippen LogP contribution in [-0.4, -0.2) is 43.5 Å². The fourth-order valence-electron chi connectivity index (χ4n) is 2.39. The summed E-state index contributed by atoms with van der Waals surface area (Å²) in [4.78, 5) is 27.4. The van der Waals surface area contributed by atoms with E-state index in [1.54, 1.807) is 4.90 Å². The van der Waals surface area contributed by atoms with Crippen LogP contribution < -0.4 is 15.1 Å². The van der Waals surface area contributed by atoms with Crippen LogP contribution in [0.25, 0.3) is 0 Å². The average molecular weight is 320 g/mol. The quantitative estimate of drug-likeness (QED) is 0.817. The van der Waals surface area contributed by atoms with Crippen molar-refractivity contribution in [3.63, 3.8) is 0 Å². The summed E-state index contributed by atoms with van der Waals surface area (Å²) in [6.07, 6.45) is 0. The van der Waals surface area contributed by atoms with Gasteiger partial charge < -0.3 is 15.1 Å². The van der Waals surface area contributed by atoms with Crippen LogP contribution in [0.2, 0.25) is 0 Å². The van der Waals surface area contributed by atoms with E-state index in [9.17, 15) is 9.59 Å². The van der Waals surface area contributed by atoms with Crippen molar-refractivity contribution >= 4 is 17.5 Å². The molecule has 1 aromatic rings. The summed E-state index contributed by atoms with van der Waals surface area (Å²) in [6.45, 7) is 10.5. The maximum absolute atomic E-state index is 12.8. The van der Waals surface area contributed by atoms with Crippen LogP contribution in [0.15, 0.2) is 30.3 Å². The summed E-state index contributed by atoms with van der Waals surface area (Å²) in [5.41, 5.74) is 0.628. The van der Waals surface area contributed by atoms with E-state index in [0.717, 1.165) is 10.6 Å². The number of amides is 2. The molecule has 128 valence electrons. The second kappa shape index (κ2) is 8.11. The third kappa shape index (κ3) is 6.02. The molecular formula is C18H30N3O2+. The molecule has 0 aromatic heterocycles. The first kappa shape index (κ1) is 19.2. The monoisotopic (exact) mass is 320 g/mol. The van der Waals surface area contributed by atoms with Gasteiger partial charge in [-0.2, -0.15) is 0 Å². The van der Waals surface area contributed by atoms with Crippen LogP contribution in [0, 0.1) is 0 Å².